The van der Waals surface area contributed by atoms with Gasteiger partial charge < -0.3 is 24.5 Å². The Balaban J connectivity index is 1.54. The van der Waals surface area contributed by atoms with Crippen LogP contribution >= 0.6 is 0 Å². The number of rotatable bonds is 2. The Bertz CT molecular complexity index is 767. The number of carbonyl (C=O) groups is 3. The summed E-state index contributed by atoms with van der Waals surface area (Å²) in [6.07, 6.45) is -0.371. The molecule has 0 unspecified atom stereocenters. The molecule has 138 valence electrons. The van der Waals surface area contributed by atoms with Crippen molar-refractivity contribution in [2.75, 3.05) is 33.3 Å². The monoisotopic (exact) mass is 359 g/mol. The smallest absolute Gasteiger partial charge is 0.254 e. The molecule has 8 nitrogen and oxygen atoms in total. The molecule has 0 aromatic heterocycles. The fourth-order valence-corrected chi connectivity index (χ4v) is 4.06. The van der Waals surface area contributed by atoms with E-state index >= 15 is 0 Å². The van der Waals surface area contributed by atoms with E-state index in [1.165, 1.54) is 12.0 Å². The highest BCUT2D eigenvalue weighted by atomic mass is 16.5. The number of ether oxygens (including phenoxy) is 1. The molecule has 1 N–H and O–H groups in total. The molecule has 3 atom stereocenters. The molecule has 0 radical (unpaired) electrons. The van der Waals surface area contributed by atoms with Crippen molar-refractivity contribution in [2.24, 2.45) is 0 Å². The normalized spacial score (nSPS) is 28.1. The van der Waals surface area contributed by atoms with Gasteiger partial charge in [0.05, 0.1) is 19.8 Å². The molecule has 3 aliphatic rings. The molecule has 0 spiro atoms. The number of aliphatic hydroxyl groups is 1. The number of piperazine rings is 2. The first kappa shape index (κ1) is 16.8. The van der Waals surface area contributed by atoms with E-state index < -0.39 is 18.2 Å². The first-order valence-corrected chi connectivity index (χ1v) is 8.72. The first-order chi connectivity index (χ1) is 12.5. The maximum Gasteiger partial charge on any atom is 0.254 e. The maximum atomic E-state index is 12.8. The van der Waals surface area contributed by atoms with E-state index in [0.717, 1.165) is 0 Å². The van der Waals surface area contributed by atoms with E-state index in [1.807, 2.05) is 0 Å². The number of methoxy groups -OCH3 is 1. The average molecular weight is 359 g/mol. The minimum Gasteiger partial charge on any atom is -0.497 e. The van der Waals surface area contributed by atoms with Gasteiger partial charge in [-0.25, -0.2) is 0 Å². The summed E-state index contributed by atoms with van der Waals surface area (Å²) in [6, 6.07) is 5.64. The number of hydrogen-bond acceptors (Lipinski definition) is 5. The highest BCUT2D eigenvalue weighted by Crippen LogP contribution is 2.29. The summed E-state index contributed by atoms with van der Waals surface area (Å²) >= 11 is 0. The fourth-order valence-electron chi connectivity index (χ4n) is 4.06. The van der Waals surface area contributed by atoms with Crippen LogP contribution in [0, 0.1) is 0 Å². The molecule has 1 aromatic carbocycles. The van der Waals surface area contributed by atoms with Gasteiger partial charge in [0.25, 0.3) is 5.91 Å². The van der Waals surface area contributed by atoms with E-state index in [0.29, 0.717) is 30.8 Å². The van der Waals surface area contributed by atoms with Crippen molar-refractivity contribution >= 4 is 17.7 Å². The highest BCUT2D eigenvalue weighted by molar-refractivity contribution is 5.99. The van der Waals surface area contributed by atoms with E-state index in [9.17, 15) is 19.5 Å². The molecule has 3 heterocycles. The number of hydrogen-bond donors (Lipinski definition) is 1. The Hall–Kier alpha value is -2.61. The van der Waals surface area contributed by atoms with Crippen molar-refractivity contribution in [3.8, 4) is 5.75 Å². The van der Waals surface area contributed by atoms with Crippen molar-refractivity contribution in [2.45, 2.75) is 24.6 Å². The molecule has 8 heteroatoms. The highest BCUT2D eigenvalue weighted by Gasteiger charge is 2.51. The van der Waals surface area contributed by atoms with Crippen LogP contribution in [-0.4, -0.2) is 89.0 Å². The summed E-state index contributed by atoms with van der Waals surface area (Å²) in [5.41, 5.74) is 0.488. The predicted octanol–water partition coefficient (Wildman–Crippen LogP) is -0.676. The standard InChI is InChI=1S/C18H21N3O5/c1-26-13-4-2-3-11(7-13)16(23)19-5-6-20-15(10-19)18(25)21-9-12(22)8-14(21)17(20)24/h2-4,7,12,14-15,22H,5-6,8-10H2,1H3/t12-,14+,15-/m1/s1. The fraction of sp³-hybridized carbons (Fsp3) is 0.500. The van der Waals surface area contributed by atoms with Gasteiger partial charge >= 0.3 is 0 Å². The van der Waals surface area contributed by atoms with Crippen molar-refractivity contribution in [3.05, 3.63) is 29.8 Å². The number of nitrogens with zero attached hydrogens (tertiary/aromatic N) is 3. The van der Waals surface area contributed by atoms with Gasteiger partial charge in [0.1, 0.15) is 17.8 Å². The molecule has 3 amide bonds. The van der Waals surface area contributed by atoms with Gasteiger partial charge in [-0.3, -0.25) is 14.4 Å². The van der Waals surface area contributed by atoms with Gasteiger partial charge in [-0.1, -0.05) is 6.07 Å². The summed E-state index contributed by atoms with van der Waals surface area (Å²) in [6.45, 7) is 1.05. The van der Waals surface area contributed by atoms with Gasteiger partial charge in [-0.15, -0.1) is 0 Å². The minimum absolute atomic E-state index is 0.125. The molecule has 4 rings (SSSR count). The largest absolute Gasteiger partial charge is 0.497 e. The zero-order valence-electron chi connectivity index (χ0n) is 14.5. The third kappa shape index (κ3) is 2.61. The number of fused-ring (bicyclic) bond motifs is 2. The second-order valence-electron chi connectivity index (χ2n) is 6.93. The summed E-state index contributed by atoms with van der Waals surface area (Å²) in [5.74, 6) is 0.0913. The summed E-state index contributed by atoms with van der Waals surface area (Å²) < 4.78 is 5.16. The van der Waals surface area contributed by atoms with Crippen molar-refractivity contribution in [1.29, 1.82) is 0 Å². The van der Waals surface area contributed by atoms with Crippen molar-refractivity contribution < 1.29 is 24.2 Å². The molecule has 3 saturated heterocycles. The number of amides is 3. The summed E-state index contributed by atoms with van der Waals surface area (Å²) in [5, 5.41) is 9.83. The quantitative estimate of drug-likeness (QED) is 0.756. The topological polar surface area (TPSA) is 90.4 Å². The molecule has 1 aromatic rings. The SMILES string of the molecule is COc1cccc(C(=O)N2CCN3C(=O)[C@@H]4C[C@@H](O)CN4C(=O)[C@H]3C2)c1. The van der Waals surface area contributed by atoms with Crippen molar-refractivity contribution in [1.82, 2.24) is 14.7 Å². The zero-order valence-corrected chi connectivity index (χ0v) is 14.5. The lowest BCUT2D eigenvalue weighted by Crippen LogP contribution is -2.69. The van der Waals surface area contributed by atoms with Crippen LogP contribution in [0.3, 0.4) is 0 Å². The zero-order chi connectivity index (χ0) is 18.4. The van der Waals surface area contributed by atoms with Gasteiger partial charge in [0.2, 0.25) is 11.8 Å². The molecule has 3 aliphatic heterocycles. The third-order valence-electron chi connectivity index (χ3n) is 5.40. The number of benzene rings is 1. The molecule has 26 heavy (non-hydrogen) atoms. The third-order valence-corrected chi connectivity index (χ3v) is 5.40. The van der Waals surface area contributed by atoms with Gasteiger partial charge in [-0.05, 0) is 18.2 Å². The lowest BCUT2D eigenvalue weighted by atomic mass is 10.0. The molecule has 0 aliphatic carbocycles. The Labute approximate surface area is 150 Å². The molecule has 0 saturated carbocycles. The number of aliphatic hydroxyl groups excluding tert-OH is 1. The van der Waals surface area contributed by atoms with Crippen LogP contribution < -0.4 is 4.74 Å². The number of carbonyl (C=O) groups excluding carboxylic acids is 3. The average Bonchev–Trinajstić information content (AvgIpc) is 3.07. The van der Waals surface area contributed by atoms with Crippen LogP contribution in [0.2, 0.25) is 0 Å². The van der Waals surface area contributed by atoms with E-state index in [2.05, 4.69) is 0 Å². The van der Waals surface area contributed by atoms with Gasteiger partial charge in [-0.2, -0.15) is 0 Å². The molecular weight excluding hydrogens is 338 g/mol. The van der Waals surface area contributed by atoms with E-state index in [4.69, 9.17) is 4.74 Å². The van der Waals surface area contributed by atoms with Crippen LogP contribution in [0.1, 0.15) is 16.8 Å². The van der Waals surface area contributed by atoms with Gasteiger partial charge in [0.15, 0.2) is 0 Å². The minimum atomic E-state index is -0.674. The predicted molar refractivity (Wildman–Crippen MR) is 90.5 cm³/mol. The lowest BCUT2D eigenvalue weighted by Gasteiger charge is -2.47. The Morgan fingerprint density at radius 3 is 2.65 bits per heavy atom. The molecule has 3 fully saturated rings. The van der Waals surface area contributed by atoms with Gasteiger partial charge in [0, 0.05) is 31.6 Å². The van der Waals surface area contributed by atoms with E-state index in [1.54, 1.807) is 34.1 Å². The lowest BCUT2D eigenvalue weighted by molar-refractivity contribution is -0.162. The summed E-state index contributed by atoms with van der Waals surface area (Å²) in [7, 11) is 1.54. The van der Waals surface area contributed by atoms with Crippen LogP contribution in [-0.2, 0) is 9.59 Å². The van der Waals surface area contributed by atoms with Crippen LogP contribution in [0.25, 0.3) is 0 Å². The van der Waals surface area contributed by atoms with Crippen LogP contribution in [0.15, 0.2) is 24.3 Å². The Morgan fingerprint density at radius 1 is 1.12 bits per heavy atom. The van der Waals surface area contributed by atoms with Crippen LogP contribution in [0.4, 0.5) is 0 Å². The second-order valence-corrected chi connectivity index (χ2v) is 6.93. The second kappa shape index (κ2) is 6.28. The first-order valence-electron chi connectivity index (χ1n) is 8.72. The molecular formula is C18H21N3O5. The summed E-state index contributed by atoms with van der Waals surface area (Å²) in [4.78, 5) is 42.9. The van der Waals surface area contributed by atoms with Crippen molar-refractivity contribution in [3.63, 3.8) is 0 Å². The Kier molecular flexibility index (Phi) is 4.07. The van der Waals surface area contributed by atoms with E-state index in [-0.39, 0.29) is 30.8 Å². The Morgan fingerprint density at radius 2 is 1.88 bits per heavy atom. The maximum absolute atomic E-state index is 12.8. The molecule has 0 bridgehead atoms. The van der Waals surface area contributed by atoms with Crippen LogP contribution in [0.5, 0.6) is 5.75 Å².